The minimum atomic E-state index is -0.980. The molecule has 0 aliphatic rings. The van der Waals surface area contributed by atoms with Gasteiger partial charge in [0, 0.05) is 0 Å². The zero-order chi connectivity index (χ0) is 10.0. The Hall–Kier alpha value is -1.11. The molecular weight excluding hydrogens is 216 g/mol. The average molecular weight is 218 g/mol. The molecule has 0 saturated heterocycles. The van der Waals surface area contributed by atoms with Crippen molar-refractivity contribution in [1.29, 1.82) is 5.26 Å². The Morgan fingerprint density at radius 3 is 2.54 bits per heavy atom. The van der Waals surface area contributed by atoms with E-state index in [0.29, 0.717) is 0 Å². The van der Waals surface area contributed by atoms with E-state index in [1.165, 1.54) is 6.07 Å². The van der Waals surface area contributed by atoms with Crippen molar-refractivity contribution < 1.29 is 9.18 Å². The van der Waals surface area contributed by atoms with E-state index in [4.69, 9.17) is 28.5 Å². The molecule has 0 heterocycles. The summed E-state index contributed by atoms with van der Waals surface area (Å²) in [7, 11) is 0. The molecule has 0 N–H and O–H groups in total. The SMILES string of the molecule is N#Cc1cc(F)c(C(=O)Cl)c(Cl)c1. The molecule has 0 unspecified atom stereocenters. The van der Waals surface area contributed by atoms with Crippen LogP contribution in [0.2, 0.25) is 5.02 Å². The van der Waals surface area contributed by atoms with Crippen LogP contribution in [0.25, 0.3) is 0 Å². The molecule has 0 saturated carbocycles. The van der Waals surface area contributed by atoms with Gasteiger partial charge in [-0.05, 0) is 23.7 Å². The van der Waals surface area contributed by atoms with Crippen LogP contribution in [0.1, 0.15) is 15.9 Å². The van der Waals surface area contributed by atoms with Gasteiger partial charge in [-0.1, -0.05) is 11.6 Å². The van der Waals surface area contributed by atoms with Crippen LogP contribution in [0.4, 0.5) is 4.39 Å². The largest absolute Gasteiger partial charge is 0.275 e. The molecule has 0 radical (unpaired) electrons. The Kier molecular flexibility index (Phi) is 2.86. The van der Waals surface area contributed by atoms with E-state index in [1.807, 2.05) is 0 Å². The minimum absolute atomic E-state index is 0.0455. The molecule has 0 fully saturated rings. The van der Waals surface area contributed by atoms with Crippen molar-refractivity contribution in [3.05, 3.63) is 34.1 Å². The van der Waals surface area contributed by atoms with Crippen LogP contribution in [0.3, 0.4) is 0 Å². The van der Waals surface area contributed by atoms with Gasteiger partial charge >= 0.3 is 0 Å². The fourth-order valence-electron chi connectivity index (χ4n) is 0.825. The molecule has 0 bridgehead atoms. The zero-order valence-electron chi connectivity index (χ0n) is 6.14. The molecule has 0 spiro atoms. The Morgan fingerprint density at radius 1 is 1.54 bits per heavy atom. The fraction of sp³-hybridized carbons (Fsp3) is 0. The van der Waals surface area contributed by atoms with Gasteiger partial charge in [0.2, 0.25) is 0 Å². The van der Waals surface area contributed by atoms with Gasteiger partial charge in [0.15, 0.2) is 0 Å². The zero-order valence-corrected chi connectivity index (χ0v) is 7.66. The number of carbonyl (C=O) groups excluding carboxylic acids is 1. The maximum absolute atomic E-state index is 13.0. The third-order valence-electron chi connectivity index (χ3n) is 1.37. The fourth-order valence-corrected chi connectivity index (χ4v) is 1.36. The van der Waals surface area contributed by atoms with Crippen molar-refractivity contribution in [3.8, 4) is 6.07 Å². The highest BCUT2D eigenvalue weighted by atomic mass is 35.5. The molecule has 13 heavy (non-hydrogen) atoms. The van der Waals surface area contributed by atoms with Crippen LogP contribution in [0, 0.1) is 17.1 Å². The lowest BCUT2D eigenvalue weighted by molar-refractivity contribution is 0.107. The van der Waals surface area contributed by atoms with Crippen molar-refractivity contribution in [2.75, 3.05) is 0 Å². The molecule has 66 valence electrons. The number of nitrogens with zero attached hydrogens (tertiary/aromatic N) is 1. The molecule has 1 rings (SSSR count). The molecule has 0 atom stereocenters. The Labute approximate surface area is 83.5 Å². The first-order valence-corrected chi connectivity index (χ1v) is 3.91. The Morgan fingerprint density at radius 2 is 2.15 bits per heavy atom. The van der Waals surface area contributed by atoms with E-state index >= 15 is 0 Å². The van der Waals surface area contributed by atoms with E-state index in [2.05, 4.69) is 0 Å². The summed E-state index contributed by atoms with van der Waals surface area (Å²) in [4.78, 5) is 10.6. The highest BCUT2D eigenvalue weighted by molar-refractivity contribution is 6.68. The molecule has 0 aliphatic heterocycles. The lowest BCUT2D eigenvalue weighted by atomic mass is 10.1. The van der Waals surface area contributed by atoms with Gasteiger partial charge in [0.05, 0.1) is 22.2 Å². The molecule has 1 aromatic rings. The quantitative estimate of drug-likeness (QED) is 0.680. The van der Waals surface area contributed by atoms with E-state index in [1.54, 1.807) is 6.07 Å². The number of nitriles is 1. The normalized spacial score (nSPS) is 9.38. The van der Waals surface area contributed by atoms with Gasteiger partial charge < -0.3 is 0 Å². The number of hydrogen-bond donors (Lipinski definition) is 0. The third kappa shape index (κ3) is 1.97. The van der Waals surface area contributed by atoms with Crippen LogP contribution >= 0.6 is 23.2 Å². The maximum atomic E-state index is 13.0. The topological polar surface area (TPSA) is 40.9 Å². The number of hydrogen-bond acceptors (Lipinski definition) is 2. The lowest BCUT2D eigenvalue weighted by Crippen LogP contribution is -1.96. The minimum Gasteiger partial charge on any atom is -0.275 e. The lowest BCUT2D eigenvalue weighted by Gasteiger charge is -2.00. The van der Waals surface area contributed by atoms with Gasteiger partial charge in [-0.2, -0.15) is 5.26 Å². The number of rotatable bonds is 1. The van der Waals surface area contributed by atoms with Crippen LogP contribution in [-0.4, -0.2) is 5.24 Å². The van der Waals surface area contributed by atoms with Gasteiger partial charge in [-0.25, -0.2) is 4.39 Å². The summed E-state index contributed by atoms with van der Waals surface area (Å²) in [6, 6.07) is 3.78. The van der Waals surface area contributed by atoms with Gasteiger partial charge in [0.1, 0.15) is 5.82 Å². The first-order chi connectivity index (χ1) is 6.06. The van der Waals surface area contributed by atoms with Gasteiger partial charge in [0.25, 0.3) is 5.24 Å². The van der Waals surface area contributed by atoms with Crippen molar-refractivity contribution in [3.63, 3.8) is 0 Å². The van der Waals surface area contributed by atoms with E-state index in [9.17, 15) is 9.18 Å². The summed E-state index contributed by atoms with van der Waals surface area (Å²) in [5.41, 5.74) is -0.355. The monoisotopic (exact) mass is 217 g/mol. The predicted octanol–water partition coefficient (Wildman–Crippen LogP) is 2.73. The van der Waals surface area contributed by atoms with Crippen molar-refractivity contribution in [1.82, 2.24) is 0 Å². The molecule has 1 aromatic carbocycles. The van der Waals surface area contributed by atoms with Crippen molar-refractivity contribution in [2.24, 2.45) is 0 Å². The summed E-state index contributed by atoms with van der Waals surface area (Å²) in [5.74, 6) is -0.885. The number of halogens is 3. The summed E-state index contributed by atoms with van der Waals surface area (Å²) in [5, 5.41) is 7.29. The van der Waals surface area contributed by atoms with Gasteiger partial charge in [-0.15, -0.1) is 0 Å². The molecular formula is C8H2Cl2FNO. The predicted molar refractivity (Wildman–Crippen MR) is 46.3 cm³/mol. The van der Waals surface area contributed by atoms with E-state index in [0.717, 1.165) is 6.07 Å². The smallest absolute Gasteiger partial charge is 0.256 e. The summed E-state index contributed by atoms with van der Waals surface area (Å²) >= 11 is 10.6. The summed E-state index contributed by atoms with van der Waals surface area (Å²) < 4.78 is 13.0. The van der Waals surface area contributed by atoms with E-state index < -0.39 is 16.6 Å². The standard InChI is InChI=1S/C8H2Cl2FNO/c9-5-1-4(3-12)2-6(11)7(5)8(10)13/h1-2H. The van der Waals surface area contributed by atoms with Crippen molar-refractivity contribution in [2.45, 2.75) is 0 Å². The Balaban J connectivity index is 3.42. The third-order valence-corrected chi connectivity index (χ3v) is 1.85. The van der Waals surface area contributed by atoms with Gasteiger partial charge in [-0.3, -0.25) is 4.79 Å². The second kappa shape index (κ2) is 3.73. The second-order valence-electron chi connectivity index (χ2n) is 2.20. The average Bonchev–Trinajstić information content (AvgIpc) is 2.02. The summed E-state index contributed by atoms with van der Waals surface area (Å²) in [6.07, 6.45) is 0. The van der Waals surface area contributed by atoms with Crippen LogP contribution < -0.4 is 0 Å². The van der Waals surface area contributed by atoms with Crippen molar-refractivity contribution >= 4 is 28.4 Å². The number of benzene rings is 1. The van der Waals surface area contributed by atoms with Crippen LogP contribution in [-0.2, 0) is 0 Å². The maximum Gasteiger partial charge on any atom is 0.256 e. The first-order valence-electron chi connectivity index (χ1n) is 3.15. The van der Waals surface area contributed by atoms with E-state index in [-0.39, 0.29) is 10.6 Å². The number of carbonyl (C=O) groups is 1. The molecule has 0 amide bonds. The second-order valence-corrected chi connectivity index (χ2v) is 2.95. The first kappa shape index (κ1) is 9.97. The van der Waals surface area contributed by atoms with Crippen LogP contribution in [0.5, 0.6) is 0 Å². The highest BCUT2D eigenvalue weighted by Crippen LogP contribution is 2.22. The molecule has 5 heteroatoms. The summed E-state index contributed by atoms with van der Waals surface area (Å²) in [6.45, 7) is 0. The highest BCUT2D eigenvalue weighted by Gasteiger charge is 2.14. The Bertz CT molecular complexity index is 388. The molecule has 0 aliphatic carbocycles. The van der Waals surface area contributed by atoms with Crippen LogP contribution in [0.15, 0.2) is 12.1 Å². The molecule has 2 nitrogen and oxygen atoms in total. The molecule has 0 aromatic heterocycles.